The Balaban J connectivity index is 1.61. The molecule has 4 nitrogen and oxygen atoms in total. The topological polar surface area (TPSA) is 41.6 Å². The van der Waals surface area contributed by atoms with E-state index in [1.807, 2.05) is 0 Å². The number of benzene rings is 1. The number of rotatable bonds is 6. The van der Waals surface area contributed by atoms with Crippen molar-refractivity contribution >= 4 is 5.91 Å². The zero-order valence-corrected chi connectivity index (χ0v) is 15.7. The van der Waals surface area contributed by atoms with Crippen LogP contribution in [0.4, 0.5) is 0 Å². The number of hydrogen-bond acceptors (Lipinski definition) is 3. The molecule has 1 aromatic rings. The average molecular weight is 344 g/mol. The zero-order valence-electron chi connectivity index (χ0n) is 15.7. The van der Waals surface area contributed by atoms with E-state index in [4.69, 9.17) is 4.74 Å². The predicted octanol–water partition coefficient (Wildman–Crippen LogP) is 3.12. The van der Waals surface area contributed by atoms with Gasteiger partial charge in [-0.3, -0.25) is 9.69 Å². The Labute approximate surface area is 151 Å². The molecule has 2 aliphatic heterocycles. The minimum atomic E-state index is -0.117. The molecular weight excluding hydrogens is 312 g/mol. The molecule has 0 unspecified atom stereocenters. The Bertz CT molecular complexity index is 567. The Morgan fingerprint density at radius 2 is 1.92 bits per heavy atom. The molecule has 0 saturated carbocycles. The minimum Gasteiger partial charge on any atom is -0.376 e. The first kappa shape index (κ1) is 18.4. The van der Waals surface area contributed by atoms with Gasteiger partial charge < -0.3 is 10.1 Å². The molecule has 3 rings (SSSR count). The minimum absolute atomic E-state index is 0.0872. The lowest BCUT2D eigenvalue weighted by atomic mass is 9.67. The van der Waals surface area contributed by atoms with Gasteiger partial charge in [-0.15, -0.1) is 0 Å². The molecule has 0 bridgehead atoms. The van der Waals surface area contributed by atoms with Gasteiger partial charge >= 0.3 is 0 Å². The van der Waals surface area contributed by atoms with Crippen LogP contribution >= 0.6 is 0 Å². The third-order valence-electron chi connectivity index (χ3n) is 5.72. The summed E-state index contributed by atoms with van der Waals surface area (Å²) in [6.45, 7) is 8.54. The molecule has 1 atom stereocenters. The highest BCUT2D eigenvalue weighted by molar-refractivity contribution is 5.78. The van der Waals surface area contributed by atoms with Crippen molar-refractivity contribution in [3.8, 4) is 0 Å². The second kappa shape index (κ2) is 7.88. The SMILES string of the molecule is CC1(C)C[C@@](CCNC(=O)CN2CCCC2)(c2ccccc2)CCO1. The normalized spacial score (nSPS) is 26.5. The van der Waals surface area contributed by atoms with Gasteiger partial charge in [-0.25, -0.2) is 0 Å². The Morgan fingerprint density at radius 1 is 1.20 bits per heavy atom. The molecule has 25 heavy (non-hydrogen) atoms. The van der Waals surface area contributed by atoms with Crippen molar-refractivity contribution in [2.24, 2.45) is 0 Å². The third-order valence-corrected chi connectivity index (χ3v) is 5.72. The Morgan fingerprint density at radius 3 is 2.60 bits per heavy atom. The van der Waals surface area contributed by atoms with Crippen LogP contribution in [-0.2, 0) is 14.9 Å². The van der Waals surface area contributed by atoms with Gasteiger partial charge in [0.1, 0.15) is 0 Å². The second-order valence-electron chi connectivity index (χ2n) is 8.26. The number of ether oxygens (including phenoxy) is 1. The van der Waals surface area contributed by atoms with Crippen LogP contribution in [0.3, 0.4) is 0 Å². The highest BCUT2D eigenvalue weighted by atomic mass is 16.5. The van der Waals surface area contributed by atoms with E-state index in [2.05, 4.69) is 54.4 Å². The van der Waals surface area contributed by atoms with Gasteiger partial charge in [0.2, 0.25) is 5.91 Å². The van der Waals surface area contributed by atoms with Crippen molar-refractivity contribution in [1.82, 2.24) is 10.2 Å². The summed E-state index contributed by atoms with van der Waals surface area (Å²) >= 11 is 0. The van der Waals surface area contributed by atoms with E-state index in [0.29, 0.717) is 6.54 Å². The van der Waals surface area contributed by atoms with E-state index in [-0.39, 0.29) is 16.9 Å². The number of nitrogens with zero attached hydrogens (tertiary/aromatic N) is 1. The highest BCUT2D eigenvalue weighted by Gasteiger charge is 2.41. The highest BCUT2D eigenvalue weighted by Crippen LogP contribution is 2.43. The standard InChI is InChI=1S/C21H32N2O2/c1-20(2)17-21(11-15-25-20,18-8-4-3-5-9-18)10-12-22-19(24)16-23-13-6-7-14-23/h3-5,8-9H,6-7,10-17H2,1-2H3,(H,22,24)/t21-/m0/s1. The first-order valence-corrected chi connectivity index (χ1v) is 9.68. The molecule has 2 heterocycles. The number of hydrogen-bond donors (Lipinski definition) is 1. The summed E-state index contributed by atoms with van der Waals surface area (Å²) in [7, 11) is 0. The van der Waals surface area contributed by atoms with E-state index in [1.54, 1.807) is 0 Å². The van der Waals surface area contributed by atoms with Gasteiger partial charge in [0.15, 0.2) is 0 Å². The second-order valence-corrected chi connectivity index (χ2v) is 8.26. The smallest absolute Gasteiger partial charge is 0.234 e. The van der Waals surface area contributed by atoms with Crippen molar-refractivity contribution in [3.05, 3.63) is 35.9 Å². The van der Waals surface area contributed by atoms with Crippen molar-refractivity contribution < 1.29 is 9.53 Å². The van der Waals surface area contributed by atoms with E-state index in [9.17, 15) is 4.79 Å². The number of likely N-dealkylation sites (tertiary alicyclic amines) is 1. The fourth-order valence-corrected chi connectivity index (χ4v) is 4.51. The first-order valence-electron chi connectivity index (χ1n) is 9.68. The Hall–Kier alpha value is -1.39. The number of nitrogens with one attached hydrogen (secondary N) is 1. The molecule has 0 aliphatic carbocycles. The Kier molecular flexibility index (Phi) is 5.80. The molecular formula is C21H32N2O2. The van der Waals surface area contributed by atoms with Gasteiger partial charge in [-0.2, -0.15) is 0 Å². The van der Waals surface area contributed by atoms with E-state index < -0.39 is 0 Å². The van der Waals surface area contributed by atoms with E-state index in [1.165, 1.54) is 18.4 Å². The van der Waals surface area contributed by atoms with Crippen LogP contribution in [0.15, 0.2) is 30.3 Å². The summed E-state index contributed by atoms with van der Waals surface area (Å²) in [6, 6.07) is 10.8. The monoisotopic (exact) mass is 344 g/mol. The molecule has 0 spiro atoms. The van der Waals surface area contributed by atoms with Gasteiger partial charge in [0, 0.05) is 18.6 Å². The number of carbonyl (C=O) groups is 1. The van der Waals surface area contributed by atoms with Crippen LogP contribution in [0, 0.1) is 0 Å². The molecule has 0 aromatic heterocycles. The maximum atomic E-state index is 12.2. The van der Waals surface area contributed by atoms with Crippen LogP contribution in [-0.4, -0.2) is 49.2 Å². The number of amides is 1. The molecule has 1 N–H and O–H groups in total. The lowest BCUT2D eigenvalue weighted by Gasteiger charge is -2.45. The lowest BCUT2D eigenvalue weighted by Crippen LogP contribution is -2.46. The molecule has 2 saturated heterocycles. The third kappa shape index (κ3) is 4.83. The maximum Gasteiger partial charge on any atom is 0.234 e. The van der Waals surface area contributed by atoms with Crippen molar-refractivity contribution in [1.29, 1.82) is 0 Å². The van der Waals surface area contributed by atoms with Crippen LogP contribution < -0.4 is 5.32 Å². The summed E-state index contributed by atoms with van der Waals surface area (Å²) in [5, 5.41) is 3.16. The van der Waals surface area contributed by atoms with Crippen LogP contribution in [0.2, 0.25) is 0 Å². The fraction of sp³-hybridized carbons (Fsp3) is 0.667. The molecule has 0 radical (unpaired) electrons. The molecule has 2 fully saturated rings. The summed E-state index contributed by atoms with van der Waals surface area (Å²) in [6.07, 6.45) is 5.42. The summed E-state index contributed by atoms with van der Waals surface area (Å²) in [5.74, 6) is 0.163. The molecule has 1 amide bonds. The van der Waals surface area contributed by atoms with E-state index in [0.717, 1.165) is 45.5 Å². The molecule has 2 aliphatic rings. The van der Waals surface area contributed by atoms with E-state index >= 15 is 0 Å². The summed E-state index contributed by atoms with van der Waals surface area (Å²) in [4.78, 5) is 14.5. The molecule has 1 aromatic carbocycles. The summed E-state index contributed by atoms with van der Waals surface area (Å²) in [5.41, 5.74) is 1.34. The van der Waals surface area contributed by atoms with Crippen LogP contribution in [0.1, 0.15) is 51.5 Å². The predicted molar refractivity (Wildman–Crippen MR) is 101 cm³/mol. The number of carbonyl (C=O) groups excluding carboxylic acids is 1. The maximum absolute atomic E-state index is 12.2. The van der Waals surface area contributed by atoms with Gasteiger partial charge in [-0.1, -0.05) is 30.3 Å². The van der Waals surface area contributed by atoms with Crippen molar-refractivity contribution in [3.63, 3.8) is 0 Å². The fourth-order valence-electron chi connectivity index (χ4n) is 4.51. The van der Waals surface area contributed by atoms with Crippen molar-refractivity contribution in [2.45, 2.75) is 57.0 Å². The molecule has 138 valence electrons. The molecule has 4 heteroatoms. The van der Waals surface area contributed by atoms with Crippen LogP contribution in [0.25, 0.3) is 0 Å². The summed E-state index contributed by atoms with van der Waals surface area (Å²) < 4.78 is 5.96. The van der Waals surface area contributed by atoms with Gasteiger partial charge in [-0.05, 0) is 64.6 Å². The average Bonchev–Trinajstić information content (AvgIpc) is 3.07. The van der Waals surface area contributed by atoms with Gasteiger partial charge in [0.25, 0.3) is 0 Å². The quantitative estimate of drug-likeness (QED) is 0.862. The zero-order chi connectivity index (χ0) is 17.8. The van der Waals surface area contributed by atoms with Crippen LogP contribution in [0.5, 0.6) is 0 Å². The first-order chi connectivity index (χ1) is 12.0. The largest absolute Gasteiger partial charge is 0.376 e. The van der Waals surface area contributed by atoms with Gasteiger partial charge in [0.05, 0.1) is 12.1 Å². The van der Waals surface area contributed by atoms with Crippen molar-refractivity contribution in [2.75, 3.05) is 32.8 Å². The lowest BCUT2D eigenvalue weighted by molar-refractivity contribution is -0.122.